The van der Waals surface area contributed by atoms with Gasteiger partial charge in [0.05, 0.1) is 17.3 Å². The third-order valence-corrected chi connectivity index (χ3v) is 5.65. The van der Waals surface area contributed by atoms with Crippen LogP contribution in [0.1, 0.15) is 22.8 Å². The summed E-state index contributed by atoms with van der Waals surface area (Å²) in [6.45, 7) is 0.681. The first kappa shape index (κ1) is 21.6. The molecule has 1 aliphatic rings. The molecule has 0 aliphatic carbocycles. The number of ether oxygens (including phenoxy) is 2. The lowest BCUT2D eigenvalue weighted by Gasteiger charge is -2.25. The Balaban J connectivity index is 1.15. The average Bonchev–Trinajstić information content (AvgIpc) is 3.50. The Labute approximate surface area is 195 Å². The second-order valence-corrected chi connectivity index (χ2v) is 7.98. The van der Waals surface area contributed by atoms with E-state index in [1.165, 1.54) is 6.26 Å². The van der Waals surface area contributed by atoms with E-state index in [0.717, 1.165) is 23.3 Å². The van der Waals surface area contributed by atoms with Crippen LogP contribution in [0.25, 0.3) is 11.0 Å². The van der Waals surface area contributed by atoms with Gasteiger partial charge in [0.2, 0.25) is 6.10 Å². The summed E-state index contributed by atoms with van der Waals surface area (Å²) in [5.74, 6) is 1.86. The van der Waals surface area contributed by atoms with Crippen molar-refractivity contribution < 1.29 is 23.5 Å². The van der Waals surface area contributed by atoms with Gasteiger partial charge in [0, 0.05) is 25.7 Å². The van der Waals surface area contributed by atoms with Crippen LogP contribution in [0.3, 0.4) is 0 Å². The molecule has 34 heavy (non-hydrogen) atoms. The largest absolute Gasteiger partial charge is 0.485 e. The minimum absolute atomic E-state index is 0.187. The molecule has 4 aromatic rings. The van der Waals surface area contributed by atoms with Gasteiger partial charge in [-0.1, -0.05) is 12.1 Å². The molecule has 0 saturated heterocycles. The van der Waals surface area contributed by atoms with E-state index in [1.807, 2.05) is 48.0 Å². The molecular weight excluding hydrogens is 436 g/mol. The van der Waals surface area contributed by atoms with E-state index in [0.29, 0.717) is 30.2 Å². The van der Waals surface area contributed by atoms with Crippen LogP contribution in [-0.4, -0.2) is 40.6 Å². The molecule has 2 aromatic heterocycles. The van der Waals surface area contributed by atoms with Gasteiger partial charge < -0.3 is 29.1 Å². The highest BCUT2D eigenvalue weighted by Gasteiger charge is 2.26. The summed E-state index contributed by atoms with van der Waals surface area (Å²) >= 11 is 0. The Morgan fingerprint density at radius 2 is 1.97 bits per heavy atom. The van der Waals surface area contributed by atoms with Crippen LogP contribution in [0, 0.1) is 0 Å². The number of nitrogens with zero attached hydrogens (tertiary/aromatic N) is 2. The van der Waals surface area contributed by atoms with Crippen molar-refractivity contribution in [3.63, 3.8) is 0 Å². The van der Waals surface area contributed by atoms with E-state index in [9.17, 15) is 9.59 Å². The molecule has 2 N–H and O–H groups in total. The Morgan fingerprint density at radius 1 is 1.12 bits per heavy atom. The van der Waals surface area contributed by atoms with Crippen LogP contribution in [-0.2, 0) is 18.3 Å². The number of hydrogen-bond acceptors (Lipinski definition) is 6. The summed E-state index contributed by atoms with van der Waals surface area (Å²) in [5, 5.41) is 5.73. The van der Waals surface area contributed by atoms with Crippen LogP contribution in [0.2, 0.25) is 0 Å². The normalized spacial score (nSPS) is 14.7. The van der Waals surface area contributed by atoms with E-state index >= 15 is 0 Å². The summed E-state index contributed by atoms with van der Waals surface area (Å²) in [6, 6.07) is 16.2. The Hall–Kier alpha value is -4.27. The highest BCUT2D eigenvalue weighted by molar-refractivity contribution is 6.03. The van der Waals surface area contributed by atoms with E-state index < -0.39 is 6.10 Å². The van der Waals surface area contributed by atoms with Gasteiger partial charge in [-0.25, -0.2) is 4.98 Å². The fraction of sp³-hybridized carbons (Fsp3) is 0.240. The summed E-state index contributed by atoms with van der Waals surface area (Å²) < 4.78 is 18.5. The standard InChI is InChI=1S/C25H24N4O5/c1-29-18-11-10-16(27-25(31)21-8-5-13-32-21)14-17(18)28-23(29)9-4-12-26-24(30)22-15-33-19-6-2-3-7-20(19)34-22/h2-3,5-8,10-11,13-14,22H,4,9,12,15H2,1H3,(H,26,30)(H,27,31)/t22-/m0/s1. The summed E-state index contributed by atoms with van der Waals surface area (Å²) in [5.41, 5.74) is 2.38. The number of anilines is 1. The van der Waals surface area contributed by atoms with Gasteiger partial charge in [0.15, 0.2) is 17.3 Å². The van der Waals surface area contributed by atoms with Crippen LogP contribution < -0.4 is 20.1 Å². The highest BCUT2D eigenvalue weighted by atomic mass is 16.6. The number of amides is 2. The molecule has 0 saturated carbocycles. The van der Waals surface area contributed by atoms with Crippen molar-refractivity contribution in [2.75, 3.05) is 18.5 Å². The molecule has 0 bridgehead atoms. The lowest BCUT2D eigenvalue weighted by atomic mass is 10.2. The predicted octanol–water partition coefficient (Wildman–Crippen LogP) is 3.31. The van der Waals surface area contributed by atoms with Crippen molar-refractivity contribution in [2.24, 2.45) is 7.05 Å². The van der Waals surface area contributed by atoms with Crippen molar-refractivity contribution >= 4 is 28.5 Å². The molecule has 174 valence electrons. The molecule has 9 heteroatoms. The van der Waals surface area contributed by atoms with Gasteiger partial charge in [-0.15, -0.1) is 0 Å². The number of imidazole rings is 1. The first-order chi connectivity index (χ1) is 16.6. The van der Waals surface area contributed by atoms with Gasteiger partial charge in [-0.05, 0) is 48.9 Å². The quantitative estimate of drug-likeness (QED) is 0.410. The Kier molecular flexibility index (Phi) is 5.90. The van der Waals surface area contributed by atoms with Crippen LogP contribution in [0.5, 0.6) is 11.5 Å². The van der Waals surface area contributed by atoms with Crippen LogP contribution in [0.15, 0.2) is 65.3 Å². The van der Waals surface area contributed by atoms with Crippen LogP contribution in [0.4, 0.5) is 5.69 Å². The van der Waals surface area contributed by atoms with Crippen LogP contribution >= 0.6 is 0 Å². The number of carbonyl (C=O) groups is 2. The molecule has 1 aliphatic heterocycles. The summed E-state index contributed by atoms with van der Waals surface area (Å²) in [6.07, 6.45) is 2.19. The zero-order chi connectivity index (χ0) is 23.5. The van der Waals surface area contributed by atoms with Gasteiger partial charge in [0.25, 0.3) is 11.8 Å². The Bertz CT molecular complexity index is 1330. The highest BCUT2D eigenvalue weighted by Crippen LogP contribution is 2.30. The van der Waals surface area contributed by atoms with Crippen molar-refractivity contribution in [1.29, 1.82) is 0 Å². The molecule has 1 atom stereocenters. The molecule has 0 spiro atoms. The third kappa shape index (κ3) is 4.45. The van der Waals surface area contributed by atoms with E-state index in [2.05, 4.69) is 10.6 Å². The molecule has 0 radical (unpaired) electrons. The van der Waals surface area contributed by atoms with Gasteiger partial charge in [-0.3, -0.25) is 9.59 Å². The minimum Gasteiger partial charge on any atom is -0.485 e. The van der Waals surface area contributed by atoms with E-state index in [-0.39, 0.29) is 24.2 Å². The lowest BCUT2D eigenvalue weighted by molar-refractivity contribution is -0.130. The second kappa shape index (κ2) is 9.30. The fourth-order valence-corrected chi connectivity index (χ4v) is 3.87. The Morgan fingerprint density at radius 3 is 2.79 bits per heavy atom. The van der Waals surface area contributed by atoms with E-state index in [4.69, 9.17) is 18.9 Å². The number of aromatic nitrogens is 2. The maximum Gasteiger partial charge on any atom is 0.291 e. The zero-order valence-corrected chi connectivity index (χ0v) is 18.6. The predicted molar refractivity (Wildman–Crippen MR) is 125 cm³/mol. The topological polar surface area (TPSA) is 108 Å². The molecular formula is C25H24N4O5. The van der Waals surface area contributed by atoms with Crippen molar-refractivity contribution in [3.05, 3.63) is 72.4 Å². The van der Waals surface area contributed by atoms with Gasteiger partial charge in [0.1, 0.15) is 12.4 Å². The molecule has 0 fully saturated rings. The van der Waals surface area contributed by atoms with Crippen molar-refractivity contribution in [2.45, 2.75) is 18.9 Å². The third-order valence-electron chi connectivity index (χ3n) is 5.65. The molecule has 0 unspecified atom stereocenters. The maximum absolute atomic E-state index is 12.5. The van der Waals surface area contributed by atoms with Crippen molar-refractivity contribution in [1.82, 2.24) is 14.9 Å². The number of furan rings is 1. The second-order valence-electron chi connectivity index (χ2n) is 7.98. The lowest BCUT2D eigenvalue weighted by Crippen LogP contribution is -2.44. The minimum atomic E-state index is -0.666. The molecule has 3 heterocycles. The number of carbonyl (C=O) groups excluding carboxylic acids is 2. The molecule has 2 amide bonds. The number of fused-ring (bicyclic) bond motifs is 2. The first-order valence-electron chi connectivity index (χ1n) is 11.0. The maximum atomic E-state index is 12.5. The van der Waals surface area contributed by atoms with E-state index in [1.54, 1.807) is 18.2 Å². The first-order valence-corrected chi connectivity index (χ1v) is 11.0. The number of rotatable bonds is 7. The monoisotopic (exact) mass is 460 g/mol. The van der Waals surface area contributed by atoms with Crippen molar-refractivity contribution in [3.8, 4) is 11.5 Å². The van der Waals surface area contributed by atoms with Gasteiger partial charge >= 0.3 is 0 Å². The SMILES string of the molecule is Cn1c(CCCNC(=O)[C@@H]2COc3ccccc3O2)nc2cc(NC(=O)c3ccco3)ccc21. The smallest absolute Gasteiger partial charge is 0.291 e. The number of nitrogens with one attached hydrogen (secondary N) is 2. The number of aryl methyl sites for hydroxylation is 2. The molecule has 2 aromatic carbocycles. The van der Waals surface area contributed by atoms with Gasteiger partial charge in [-0.2, -0.15) is 0 Å². The number of hydrogen-bond donors (Lipinski definition) is 2. The molecule has 5 rings (SSSR count). The molecule has 9 nitrogen and oxygen atoms in total. The zero-order valence-electron chi connectivity index (χ0n) is 18.6. The fourth-order valence-electron chi connectivity index (χ4n) is 3.87. The number of para-hydroxylation sites is 2. The summed E-state index contributed by atoms with van der Waals surface area (Å²) in [4.78, 5) is 29.4. The number of benzene rings is 2. The average molecular weight is 460 g/mol. The summed E-state index contributed by atoms with van der Waals surface area (Å²) in [7, 11) is 1.95.